The second-order valence-corrected chi connectivity index (χ2v) is 5.71. The van der Waals surface area contributed by atoms with E-state index in [1.54, 1.807) is 14.1 Å². The van der Waals surface area contributed by atoms with E-state index in [1.807, 2.05) is 0 Å². The van der Waals surface area contributed by atoms with Gasteiger partial charge in [0.1, 0.15) is 16.9 Å². The van der Waals surface area contributed by atoms with E-state index in [1.165, 1.54) is 4.90 Å². The Morgan fingerprint density at radius 2 is 1.65 bits per heavy atom. The molecule has 3 aromatic rings. The maximum atomic E-state index is 14.4. The molecule has 0 atom stereocenters. The van der Waals surface area contributed by atoms with Gasteiger partial charge < -0.3 is 10.6 Å². The smallest absolute Gasteiger partial charge is 0.252 e. The average molecular weight is 364 g/mol. The lowest BCUT2D eigenvalue weighted by atomic mass is 10.0. The van der Waals surface area contributed by atoms with E-state index in [0.29, 0.717) is 12.1 Å². The quantitative estimate of drug-likeness (QED) is 0.573. The monoisotopic (exact) mass is 364 g/mol. The molecule has 0 fully saturated rings. The summed E-state index contributed by atoms with van der Waals surface area (Å²) in [5, 5.41) is 0. The normalized spacial score (nSPS) is 11.0. The Kier molecular flexibility index (Phi) is 4.23. The molecule has 0 radical (unpaired) electrons. The van der Waals surface area contributed by atoms with Crippen molar-refractivity contribution in [3.63, 3.8) is 0 Å². The molecule has 0 aliphatic heterocycles. The molecule has 5 nitrogen and oxygen atoms in total. The number of hydrogen-bond donors (Lipinski definition) is 1. The van der Waals surface area contributed by atoms with Crippen molar-refractivity contribution in [1.29, 1.82) is 0 Å². The Labute approximate surface area is 145 Å². The number of fused-ring (bicyclic) bond motifs is 1. The second-order valence-electron chi connectivity index (χ2n) is 5.71. The van der Waals surface area contributed by atoms with Crippen LogP contribution in [0.25, 0.3) is 22.2 Å². The van der Waals surface area contributed by atoms with Gasteiger partial charge >= 0.3 is 0 Å². The zero-order valence-corrected chi connectivity index (χ0v) is 13.6. The highest BCUT2D eigenvalue weighted by atomic mass is 19.2. The summed E-state index contributed by atoms with van der Waals surface area (Å²) in [6, 6.07) is 1.01. The highest BCUT2D eigenvalue weighted by molar-refractivity contribution is 6.08. The average Bonchev–Trinajstić information content (AvgIpc) is 2.56. The van der Waals surface area contributed by atoms with Crippen LogP contribution in [0.15, 0.2) is 24.5 Å². The summed E-state index contributed by atoms with van der Waals surface area (Å²) in [7, 11) is 3.18. The minimum atomic E-state index is -1.47. The van der Waals surface area contributed by atoms with E-state index in [4.69, 9.17) is 5.73 Å². The molecule has 134 valence electrons. The zero-order valence-electron chi connectivity index (χ0n) is 13.6. The molecule has 0 unspecified atom stereocenters. The number of carbonyl (C=O) groups excluding carboxylic acids is 1. The molecule has 2 aromatic heterocycles. The van der Waals surface area contributed by atoms with E-state index < -0.39 is 40.3 Å². The number of carbonyl (C=O) groups is 1. The molecule has 2 N–H and O–H groups in total. The Morgan fingerprint density at radius 1 is 1.00 bits per heavy atom. The largest absolute Gasteiger partial charge is 0.375 e. The Hall–Kier alpha value is -3.23. The first-order chi connectivity index (χ1) is 12.2. The third-order valence-electron chi connectivity index (χ3n) is 3.78. The minimum absolute atomic E-state index is 0.0125. The van der Waals surface area contributed by atoms with Gasteiger partial charge in [0, 0.05) is 31.9 Å². The van der Waals surface area contributed by atoms with Crippen LogP contribution in [0.3, 0.4) is 0 Å². The minimum Gasteiger partial charge on any atom is -0.375 e. The van der Waals surface area contributed by atoms with Crippen molar-refractivity contribution in [2.75, 3.05) is 19.0 Å². The van der Waals surface area contributed by atoms with Crippen LogP contribution in [0.1, 0.15) is 10.4 Å². The molecule has 0 saturated heterocycles. The first kappa shape index (κ1) is 17.6. The number of nitrogens with zero attached hydrogens (tertiary/aromatic N) is 3. The molecule has 0 aliphatic carbocycles. The molecule has 3 rings (SSSR count). The standard InChI is InChI=1S/C17H12F4N4O/c1-25(2)16-9(17(22)26)5-23-14-12(11(20)6-24-15(14)16)8-3-7(18)4-10(19)13(8)21/h3-6H,1-2H3,(H2,22,26). The van der Waals surface area contributed by atoms with E-state index in [0.717, 1.165) is 12.4 Å². The van der Waals surface area contributed by atoms with Gasteiger partial charge in [-0.2, -0.15) is 0 Å². The maximum absolute atomic E-state index is 14.4. The maximum Gasteiger partial charge on any atom is 0.252 e. The first-order valence-electron chi connectivity index (χ1n) is 7.31. The molecule has 0 saturated carbocycles. The summed E-state index contributed by atoms with van der Waals surface area (Å²) in [5.41, 5.74) is 4.32. The second kappa shape index (κ2) is 6.25. The van der Waals surface area contributed by atoms with Crippen molar-refractivity contribution in [2.45, 2.75) is 0 Å². The third kappa shape index (κ3) is 2.71. The van der Waals surface area contributed by atoms with Crippen molar-refractivity contribution >= 4 is 22.6 Å². The lowest BCUT2D eigenvalue weighted by molar-refractivity contribution is 0.100. The van der Waals surface area contributed by atoms with E-state index in [2.05, 4.69) is 9.97 Å². The molecule has 9 heteroatoms. The van der Waals surface area contributed by atoms with Crippen LogP contribution < -0.4 is 10.6 Å². The van der Waals surface area contributed by atoms with Crippen LogP contribution in [0.2, 0.25) is 0 Å². The highest BCUT2D eigenvalue weighted by Crippen LogP contribution is 2.36. The molecule has 0 spiro atoms. The summed E-state index contributed by atoms with van der Waals surface area (Å²) >= 11 is 0. The van der Waals surface area contributed by atoms with E-state index >= 15 is 0 Å². The Morgan fingerprint density at radius 3 is 2.27 bits per heavy atom. The summed E-state index contributed by atoms with van der Waals surface area (Å²) in [6.45, 7) is 0. The van der Waals surface area contributed by atoms with Crippen LogP contribution in [0.5, 0.6) is 0 Å². The lowest BCUT2D eigenvalue weighted by Crippen LogP contribution is -2.20. The van der Waals surface area contributed by atoms with Crippen molar-refractivity contribution in [3.05, 3.63) is 53.4 Å². The molecule has 2 heterocycles. The van der Waals surface area contributed by atoms with Gasteiger partial charge in [-0.1, -0.05) is 0 Å². The van der Waals surface area contributed by atoms with Crippen molar-refractivity contribution in [2.24, 2.45) is 5.73 Å². The summed E-state index contributed by atoms with van der Waals surface area (Å²) < 4.78 is 55.8. The molecule has 1 amide bonds. The summed E-state index contributed by atoms with van der Waals surface area (Å²) in [4.78, 5) is 21.0. The molecule has 0 aliphatic rings. The Bertz CT molecular complexity index is 1050. The van der Waals surface area contributed by atoms with E-state index in [-0.39, 0.29) is 22.3 Å². The topological polar surface area (TPSA) is 72.1 Å². The molecule has 0 bridgehead atoms. The Balaban J connectivity index is 2.47. The number of nitrogens with two attached hydrogens (primary N) is 1. The number of amides is 1. The fraction of sp³-hybridized carbons (Fsp3) is 0.118. The third-order valence-corrected chi connectivity index (χ3v) is 3.78. The highest BCUT2D eigenvalue weighted by Gasteiger charge is 2.23. The number of anilines is 1. The zero-order chi connectivity index (χ0) is 19.2. The number of benzene rings is 1. The van der Waals surface area contributed by atoms with Crippen LogP contribution in [0.4, 0.5) is 23.2 Å². The van der Waals surface area contributed by atoms with Crippen molar-refractivity contribution < 1.29 is 22.4 Å². The number of rotatable bonds is 3. The number of primary amides is 1. The van der Waals surface area contributed by atoms with Gasteiger partial charge in [0.25, 0.3) is 5.91 Å². The molecular weight excluding hydrogens is 352 g/mol. The predicted octanol–water partition coefficient (Wildman–Crippen LogP) is 3.02. The first-order valence-corrected chi connectivity index (χ1v) is 7.31. The molecule has 26 heavy (non-hydrogen) atoms. The molecular formula is C17H12F4N4O. The summed E-state index contributed by atoms with van der Waals surface area (Å²) in [6.07, 6.45) is 1.84. The molecule has 1 aromatic carbocycles. The van der Waals surface area contributed by atoms with Gasteiger partial charge in [-0.15, -0.1) is 0 Å². The van der Waals surface area contributed by atoms with Crippen LogP contribution in [-0.4, -0.2) is 30.0 Å². The fourth-order valence-corrected chi connectivity index (χ4v) is 2.72. The number of aromatic nitrogens is 2. The van der Waals surface area contributed by atoms with Gasteiger partial charge in [0.05, 0.1) is 23.0 Å². The predicted molar refractivity (Wildman–Crippen MR) is 87.7 cm³/mol. The van der Waals surface area contributed by atoms with E-state index in [9.17, 15) is 22.4 Å². The van der Waals surface area contributed by atoms with Gasteiger partial charge in [-0.3, -0.25) is 9.78 Å². The number of hydrogen-bond acceptors (Lipinski definition) is 4. The van der Waals surface area contributed by atoms with Crippen LogP contribution >= 0.6 is 0 Å². The van der Waals surface area contributed by atoms with Crippen molar-refractivity contribution in [3.8, 4) is 11.1 Å². The fourth-order valence-electron chi connectivity index (χ4n) is 2.72. The van der Waals surface area contributed by atoms with Crippen LogP contribution in [-0.2, 0) is 0 Å². The number of halogens is 4. The number of pyridine rings is 2. The lowest BCUT2D eigenvalue weighted by Gasteiger charge is -2.19. The SMILES string of the molecule is CN(C)c1c(C(N)=O)cnc2c(-c3cc(F)cc(F)c3F)c(F)cnc12. The van der Waals surface area contributed by atoms with Gasteiger partial charge in [0.2, 0.25) is 0 Å². The van der Waals surface area contributed by atoms with Gasteiger partial charge in [-0.25, -0.2) is 22.5 Å². The van der Waals surface area contributed by atoms with Gasteiger partial charge in [-0.05, 0) is 6.07 Å². The van der Waals surface area contributed by atoms with Gasteiger partial charge in [0.15, 0.2) is 17.5 Å². The van der Waals surface area contributed by atoms with Crippen LogP contribution in [0, 0.1) is 23.3 Å². The summed E-state index contributed by atoms with van der Waals surface area (Å²) in [5.74, 6) is -5.79. The van der Waals surface area contributed by atoms with Crippen molar-refractivity contribution in [1.82, 2.24) is 9.97 Å².